The molecular weight excluding hydrogens is 558 g/mol. The van der Waals surface area contributed by atoms with Crippen molar-refractivity contribution >= 4 is 47.7 Å². The van der Waals surface area contributed by atoms with E-state index in [-0.39, 0.29) is 51.7 Å². The summed E-state index contributed by atoms with van der Waals surface area (Å²) in [6, 6.07) is 11.3. The van der Waals surface area contributed by atoms with Crippen molar-refractivity contribution in [2.45, 2.75) is 0 Å². The molecule has 3 aromatic carbocycles. The molecule has 19 heteroatoms. The van der Waals surface area contributed by atoms with Crippen LogP contribution in [0.15, 0.2) is 75.0 Å². The number of hydrogen-bond acceptors (Lipinski definition) is 13. The number of benzene rings is 3. The topological polar surface area (TPSA) is 344 Å². The van der Waals surface area contributed by atoms with E-state index >= 15 is 0 Å². The highest BCUT2D eigenvalue weighted by atomic mass is 16.6. The molecule has 0 spiro atoms. The van der Waals surface area contributed by atoms with E-state index < -0.39 is 9.85 Å². The molecular formula is C23H25N11O8. The van der Waals surface area contributed by atoms with Crippen molar-refractivity contribution in [3.63, 3.8) is 0 Å². The predicted octanol–water partition coefficient (Wildman–Crippen LogP) is 0.602. The maximum atomic E-state index is 10.6. The molecule has 0 bridgehead atoms. The SMILES string of the molecule is NC(N)=N/N=C/c1cc(O)ccc1N.NC(N)=N/N=C/c1cc(O)ccc1[N+](=O)[O-].O=Cc1cc(O)ccc1[N+](=O)[O-]. The van der Waals surface area contributed by atoms with Crippen molar-refractivity contribution in [2.24, 2.45) is 43.3 Å². The van der Waals surface area contributed by atoms with Crippen LogP contribution in [0.1, 0.15) is 21.5 Å². The van der Waals surface area contributed by atoms with Crippen molar-refractivity contribution < 1.29 is 30.0 Å². The Kier molecular flexibility index (Phi) is 12.8. The summed E-state index contributed by atoms with van der Waals surface area (Å²) in [7, 11) is 0. The van der Waals surface area contributed by atoms with Crippen LogP contribution in [0, 0.1) is 20.2 Å². The second kappa shape index (κ2) is 16.2. The van der Waals surface area contributed by atoms with Crippen LogP contribution in [-0.4, -0.2) is 55.8 Å². The first kappa shape index (κ1) is 33.2. The fourth-order valence-corrected chi connectivity index (χ4v) is 2.60. The average molecular weight is 584 g/mol. The summed E-state index contributed by atoms with van der Waals surface area (Å²) in [6.45, 7) is 0. The van der Waals surface area contributed by atoms with Gasteiger partial charge in [-0.15, -0.1) is 10.2 Å². The first-order chi connectivity index (χ1) is 19.7. The summed E-state index contributed by atoms with van der Waals surface area (Å²) >= 11 is 0. The number of nitrogens with zero attached hydrogens (tertiary/aromatic N) is 6. The van der Waals surface area contributed by atoms with Gasteiger partial charge in [0.05, 0.1) is 33.4 Å². The van der Waals surface area contributed by atoms with Crippen LogP contribution in [0.2, 0.25) is 0 Å². The number of anilines is 1. The first-order valence-electron chi connectivity index (χ1n) is 11.0. The van der Waals surface area contributed by atoms with Crippen molar-refractivity contribution in [3.05, 3.63) is 91.5 Å². The van der Waals surface area contributed by atoms with Gasteiger partial charge in [0.25, 0.3) is 11.4 Å². The number of nitro groups is 2. The molecule has 0 aliphatic rings. The smallest absolute Gasteiger partial charge is 0.280 e. The number of nitrogens with two attached hydrogens (primary N) is 5. The van der Waals surface area contributed by atoms with Gasteiger partial charge in [-0.3, -0.25) is 25.0 Å². The molecule has 0 saturated heterocycles. The van der Waals surface area contributed by atoms with Crippen molar-refractivity contribution in [1.82, 2.24) is 0 Å². The highest BCUT2D eigenvalue weighted by Crippen LogP contribution is 2.22. The molecule has 3 aromatic rings. The van der Waals surface area contributed by atoms with Gasteiger partial charge in [0.1, 0.15) is 17.2 Å². The second-order valence-electron chi connectivity index (χ2n) is 7.47. The van der Waals surface area contributed by atoms with Crippen LogP contribution in [0.3, 0.4) is 0 Å². The number of rotatable bonds is 7. The number of nitrogen functional groups attached to an aromatic ring is 1. The van der Waals surface area contributed by atoms with Gasteiger partial charge in [0, 0.05) is 23.4 Å². The molecule has 42 heavy (non-hydrogen) atoms. The van der Waals surface area contributed by atoms with Gasteiger partial charge < -0.3 is 44.0 Å². The highest BCUT2D eigenvalue weighted by Gasteiger charge is 2.13. The molecule has 0 radical (unpaired) electrons. The fourth-order valence-electron chi connectivity index (χ4n) is 2.60. The number of aromatic hydroxyl groups is 3. The van der Waals surface area contributed by atoms with Gasteiger partial charge in [-0.1, -0.05) is 0 Å². The average Bonchev–Trinajstić information content (AvgIpc) is 2.90. The summed E-state index contributed by atoms with van der Waals surface area (Å²) in [5.74, 6) is -0.580. The van der Waals surface area contributed by atoms with Gasteiger partial charge in [0.15, 0.2) is 6.29 Å². The minimum absolute atomic E-state index is 0.102. The van der Waals surface area contributed by atoms with E-state index in [2.05, 4.69) is 20.4 Å². The maximum Gasteiger partial charge on any atom is 0.280 e. The third-order valence-electron chi connectivity index (χ3n) is 4.35. The van der Waals surface area contributed by atoms with Gasteiger partial charge in [-0.2, -0.15) is 10.2 Å². The number of hydrogen-bond donors (Lipinski definition) is 8. The van der Waals surface area contributed by atoms with Crippen LogP contribution in [-0.2, 0) is 0 Å². The molecule has 0 aromatic heterocycles. The molecule has 3 rings (SSSR count). The molecule has 0 fully saturated rings. The Balaban J connectivity index is 0.000000318. The van der Waals surface area contributed by atoms with E-state index in [0.717, 1.165) is 30.5 Å². The summed E-state index contributed by atoms with van der Waals surface area (Å²) in [5, 5.41) is 61.7. The molecule has 0 heterocycles. The minimum atomic E-state index is -0.677. The lowest BCUT2D eigenvalue weighted by Gasteiger charge is -1.98. The molecule has 0 aliphatic carbocycles. The quantitative estimate of drug-likeness (QED) is 0.0359. The van der Waals surface area contributed by atoms with Gasteiger partial charge in [0.2, 0.25) is 11.9 Å². The fraction of sp³-hybridized carbons (Fsp3) is 0. The number of carbonyl (C=O) groups excluding carboxylic acids is 1. The molecule has 0 saturated carbocycles. The summed E-state index contributed by atoms with van der Waals surface area (Å²) in [4.78, 5) is 29.9. The number of nitro benzene ring substituents is 2. The maximum absolute atomic E-state index is 10.6. The molecule has 19 nitrogen and oxygen atoms in total. The van der Waals surface area contributed by atoms with E-state index in [9.17, 15) is 25.0 Å². The monoisotopic (exact) mass is 583 g/mol. The van der Waals surface area contributed by atoms with E-state index in [1.165, 1.54) is 30.5 Å². The lowest BCUT2D eigenvalue weighted by molar-refractivity contribution is -0.385. The predicted molar refractivity (Wildman–Crippen MR) is 154 cm³/mol. The highest BCUT2D eigenvalue weighted by molar-refractivity contribution is 5.88. The number of aldehydes is 1. The third kappa shape index (κ3) is 11.7. The van der Waals surface area contributed by atoms with Crippen LogP contribution < -0.4 is 28.7 Å². The lowest BCUT2D eigenvalue weighted by atomic mass is 10.2. The van der Waals surface area contributed by atoms with E-state index in [4.69, 9.17) is 44.0 Å². The van der Waals surface area contributed by atoms with Crippen molar-refractivity contribution in [2.75, 3.05) is 5.73 Å². The van der Waals surface area contributed by atoms with Crippen molar-refractivity contribution in [1.29, 1.82) is 0 Å². The number of carbonyl (C=O) groups is 1. The van der Waals surface area contributed by atoms with Gasteiger partial charge in [-0.05, 0) is 42.5 Å². The zero-order valence-corrected chi connectivity index (χ0v) is 21.4. The molecule has 0 unspecified atom stereocenters. The lowest BCUT2D eigenvalue weighted by Crippen LogP contribution is -2.21. The second-order valence-corrected chi connectivity index (χ2v) is 7.47. The zero-order valence-electron chi connectivity index (χ0n) is 21.4. The van der Waals surface area contributed by atoms with Crippen LogP contribution in [0.5, 0.6) is 17.2 Å². The molecule has 0 amide bonds. The van der Waals surface area contributed by atoms with Crippen molar-refractivity contribution in [3.8, 4) is 17.2 Å². The Hall–Kier alpha value is -6.79. The Morgan fingerprint density at radius 2 is 1.05 bits per heavy atom. The Labute approximate surface area is 235 Å². The van der Waals surface area contributed by atoms with Crippen LogP contribution >= 0.6 is 0 Å². The number of phenolic OH excluding ortho intramolecular Hbond substituents is 3. The normalized spacial score (nSPS) is 10.0. The molecule has 220 valence electrons. The summed E-state index contributed by atoms with van der Waals surface area (Å²) in [5.41, 5.74) is 26.3. The van der Waals surface area contributed by atoms with Crippen LogP contribution in [0.25, 0.3) is 0 Å². The van der Waals surface area contributed by atoms with E-state index in [1.807, 2.05) is 0 Å². The number of phenols is 3. The Bertz CT molecular complexity index is 1550. The third-order valence-corrected chi connectivity index (χ3v) is 4.35. The summed E-state index contributed by atoms with van der Waals surface area (Å²) in [6.07, 6.45) is 2.77. The minimum Gasteiger partial charge on any atom is -0.508 e. The van der Waals surface area contributed by atoms with Crippen LogP contribution in [0.4, 0.5) is 17.1 Å². The largest absolute Gasteiger partial charge is 0.508 e. The number of guanidine groups is 2. The zero-order chi connectivity index (χ0) is 31.8. The van der Waals surface area contributed by atoms with E-state index in [1.54, 1.807) is 6.07 Å². The first-order valence-corrected chi connectivity index (χ1v) is 11.0. The summed E-state index contributed by atoms with van der Waals surface area (Å²) < 4.78 is 0. The standard InChI is InChI=1S/C8H9N5O3.C8H11N5O.C7H5NO4/c9-8(10)12-11-4-5-3-6(14)1-2-7(5)13(15)16;9-7-2-1-6(14)3-5(7)4-12-13-8(10)11;9-4-5-3-6(10)1-2-7(5)8(11)12/h1-4,14H,(H4,9,10,12);1-4,14H,9H2,(H4,10,11,13);1-4,10H/b11-4+;12-4+;. The van der Waals surface area contributed by atoms with Gasteiger partial charge >= 0.3 is 0 Å². The Morgan fingerprint density at radius 1 is 0.667 bits per heavy atom. The van der Waals surface area contributed by atoms with Gasteiger partial charge in [-0.25, -0.2) is 0 Å². The Morgan fingerprint density at radius 3 is 1.48 bits per heavy atom. The molecule has 0 atom stereocenters. The molecule has 13 N–H and O–H groups in total. The van der Waals surface area contributed by atoms with E-state index in [0.29, 0.717) is 17.5 Å². The molecule has 0 aliphatic heterocycles.